The van der Waals surface area contributed by atoms with Crippen molar-refractivity contribution in [3.05, 3.63) is 65.5 Å². The number of esters is 1. The van der Waals surface area contributed by atoms with E-state index in [4.69, 9.17) is 14.0 Å². The number of hydrogen-bond donors (Lipinski definition) is 0. The molecule has 0 N–H and O–H groups in total. The smallest absolute Gasteiger partial charge is 0.416 e. The van der Waals surface area contributed by atoms with Gasteiger partial charge in [0.15, 0.2) is 6.61 Å². The first-order valence-electron chi connectivity index (χ1n) is 7.69. The van der Waals surface area contributed by atoms with Crippen molar-refractivity contribution in [2.45, 2.75) is 12.8 Å². The van der Waals surface area contributed by atoms with E-state index in [9.17, 15) is 18.0 Å². The fraction of sp³-hybridized carbons (Fsp3) is 0.167. The number of aromatic nitrogens is 2. The monoisotopic (exact) mass is 378 g/mol. The number of halogens is 3. The SMILES string of the molecule is COc1ccccc1-c1noc(COC(=O)c2cccc(C(F)(F)F)c2)n1. The highest BCUT2D eigenvalue weighted by Crippen LogP contribution is 2.30. The molecule has 0 aliphatic heterocycles. The predicted molar refractivity (Wildman–Crippen MR) is 86.8 cm³/mol. The first kappa shape index (κ1) is 18.4. The molecule has 1 heterocycles. The zero-order valence-electron chi connectivity index (χ0n) is 14.0. The van der Waals surface area contributed by atoms with Gasteiger partial charge in [-0.25, -0.2) is 4.79 Å². The number of rotatable bonds is 5. The van der Waals surface area contributed by atoms with Crippen LogP contribution in [0.5, 0.6) is 5.75 Å². The molecule has 0 amide bonds. The topological polar surface area (TPSA) is 74.5 Å². The van der Waals surface area contributed by atoms with E-state index in [1.54, 1.807) is 24.3 Å². The lowest BCUT2D eigenvalue weighted by molar-refractivity contribution is -0.137. The van der Waals surface area contributed by atoms with Crippen LogP contribution < -0.4 is 4.74 Å². The summed E-state index contributed by atoms with van der Waals surface area (Å²) in [5.41, 5.74) is -0.582. The van der Waals surface area contributed by atoms with Gasteiger partial charge in [0, 0.05) is 0 Å². The molecule has 0 bridgehead atoms. The van der Waals surface area contributed by atoms with Crippen molar-refractivity contribution >= 4 is 5.97 Å². The highest BCUT2D eigenvalue weighted by molar-refractivity contribution is 5.89. The Bertz CT molecular complexity index is 954. The fourth-order valence-corrected chi connectivity index (χ4v) is 2.29. The van der Waals surface area contributed by atoms with Crippen molar-refractivity contribution in [2.75, 3.05) is 7.11 Å². The van der Waals surface area contributed by atoms with Crippen LogP contribution >= 0.6 is 0 Å². The van der Waals surface area contributed by atoms with Gasteiger partial charge in [0.2, 0.25) is 5.82 Å². The summed E-state index contributed by atoms with van der Waals surface area (Å²) in [6.07, 6.45) is -4.55. The van der Waals surface area contributed by atoms with Crippen molar-refractivity contribution in [2.24, 2.45) is 0 Å². The van der Waals surface area contributed by atoms with Crippen LogP contribution in [0.25, 0.3) is 11.4 Å². The van der Waals surface area contributed by atoms with Crippen molar-refractivity contribution in [1.29, 1.82) is 0 Å². The Morgan fingerprint density at radius 3 is 2.67 bits per heavy atom. The summed E-state index contributed by atoms with van der Waals surface area (Å²) in [5, 5.41) is 3.79. The van der Waals surface area contributed by atoms with Crippen LogP contribution in [0.4, 0.5) is 13.2 Å². The van der Waals surface area contributed by atoms with Crippen LogP contribution in [-0.4, -0.2) is 23.2 Å². The van der Waals surface area contributed by atoms with Gasteiger partial charge in [-0.1, -0.05) is 23.4 Å². The molecule has 0 fully saturated rings. The van der Waals surface area contributed by atoms with Gasteiger partial charge in [0.25, 0.3) is 5.89 Å². The second-order valence-electron chi connectivity index (χ2n) is 5.37. The van der Waals surface area contributed by atoms with E-state index in [0.717, 1.165) is 18.2 Å². The molecule has 6 nitrogen and oxygen atoms in total. The summed E-state index contributed by atoms with van der Waals surface area (Å²) >= 11 is 0. The number of benzene rings is 2. The largest absolute Gasteiger partial charge is 0.496 e. The molecule has 0 aliphatic rings. The summed E-state index contributed by atoms with van der Waals surface area (Å²) in [6, 6.07) is 10.9. The third kappa shape index (κ3) is 4.25. The lowest BCUT2D eigenvalue weighted by Gasteiger charge is -2.08. The molecular formula is C18H13F3N2O4. The molecular weight excluding hydrogens is 365 g/mol. The zero-order chi connectivity index (χ0) is 19.4. The van der Waals surface area contributed by atoms with Crippen molar-refractivity contribution in [3.8, 4) is 17.1 Å². The maximum atomic E-state index is 12.7. The molecule has 0 radical (unpaired) electrons. The lowest BCUT2D eigenvalue weighted by atomic mass is 10.1. The highest BCUT2D eigenvalue weighted by atomic mass is 19.4. The van der Waals surface area contributed by atoms with Gasteiger partial charge in [-0.2, -0.15) is 18.2 Å². The number of alkyl halides is 3. The van der Waals surface area contributed by atoms with E-state index < -0.39 is 17.7 Å². The van der Waals surface area contributed by atoms with Crippen LogP contribution in [0, 0.1) is 0 Å². The molecule has 0 aliphatic carbocycles. The van der Waals surface area contributed by atoms with Crippen molar-refractivity contribution in [1.82, 2.24) is 10.1 Å². The number of hydrogen-bond acceptors (Lipinski definition) is 6. The first-order valence-corrected chi connectivity index (χ1v) is 7.69. The second-order valence-corrected chi connectivity index (χ2v) is 5.37. The third-order valence-corrected chi connectivity index (χ3v) is 3.57. The summed E-state index contributed by atoms with van der Waals surface area (Å²) in [6.45, 7) is -0.378. The quantitative estimate of drug-likeness (QED) is 0.622. The molecule has 0 saturated carbocycles. The average Bonchev–Trinajstić information content (AvgIpc) is 3.14. The molecule has 3 aromatic rings. The Labute approximate surface area is 151 Å². The number of carbonyl (C=O) groups excluding carboxylic acids is 1. The predicted octanol–water partition coefficient (Wildman–Crippen LogP) is 4.12. The molecule has 9 heteroatoms. The maximum absolute atomic E-state index is 12.7. The van der Waals surface area contributed by atoms with Gasteiger partial charge in [-0.3, -0.25) is 0 Å². The first-order chi connectivity index (χ1) is 12.9. The maximum Gasteiger partial charge on any atom is 0.416 e. The summed E-state index contributed by atoms with van der Waals surface area (Å²) < 4.78 is 53.3. The second kappa shape index (κ2) is 7.48. The molecule has 0 saturated heterocycles. The summed E-state index contributed by atoms with van der Waals surface area (Å²) in [7, 11) is 1.50. The minimum absolute atomic E-state index is 0.00349. The minimum atomic E-state index is -4.55. The Kier molecular flexibility index (Phi) is 5.11. The van der Waals surface area contributed by atoms with E-state index >= 15 is 0 Å². The molecule has 0 atom stereocenters. The van der Waals surface area contributed by atoms with Crippen LogP contribution in [0.3, 0.4) is 0 Å². The van der Waals surface area contributed by atoms with E-state index in [1.807, 2.05) is 0 Å². The van der Waals surface area contributed by atoms with Crippen LogP contribution in [0.2, 0.25) is 0 Å². The number of methoxy groups -OCH3 is 1. The Hall–Kier alpha value is -3.36. The Morgan fingerprint density at radius 2 is 1.93 bits per heavy atom. The van der Waals surface area contributed by atoms with E-state index in [2.05, 4.69) is 10.1 Å². The molecule has 2 aromatic carbocycles. The summed E-state index contributed by atoms with van der Waals surface area (Å²) in [4.78, 5) is 16.1. The molecule has 0 spiro atoms. The van der Waals surface area contributed by atoms with Crippen molar-refractivity contribution in [3.63, 3.8) is 0 Å². The van der Waals surface area contributed by atoms with Crippen molar-refractivity contribution < 1.29 is 32.0 Å². The molecule has 140 valence electrons. The average molecular weight is 378 g/mol. The van der Waals surface area contributed by atoms with Gasteiger partial charge < -0.3 is 14.0 Å². The standard InChI is InChI=1S/C18H13F3N2O4/c1-25-14-8-3-2-7-13(14)16-22-15(27-23-16)10-26-17(24)11-5-4-6-12(9-11)18(19,20)21/h2-9H,10H2,1H3. The molecule has 3 rings (SSSR count). The highest BCUT2D eigenvalue weighted by Gasteiger charge is 2.31. The fourth-order valence-electron chi connectivity index (χ4n) is 2.29. The van der Waals surface area contributed by atoms with Crippen LogP contribution in [0.1, 0.15) is 21.8 Å². The summed E-state index contributed by atoms with van der Waals surface area (Å²) in [5.74, 6) is -0.169. The number of nitrogens with zero attached hydrogens (tertiary/aromatic N) is 2. The van der Waals surface area contributed by atoms with Gasteiger partial charge in [0.05, 0.1) is 23.8 Å². The molecule has 1 aromatic heterocycles. The van der Waals surface area contributed by atoms with Gasteiger partial charge in [-0.15, -0.1) is 0 Å². The lowest BCUT2D eigenvalue weighted by Crippen LogP contribution is -2.09. The van der Waals surface area contributed by atoms with Gasteiger partial charge in [0.1, 0.15) is 5.75 Å². The van der Waals surface area contributed by atoms with Gasteiger partial charge >= 0.3 is 12.1 Å². The van der Waals surface area contributed by atoms with E-state index in [-0.39, 0.29) is 23.9 Å². The number of ether oxygens (including phenoxy) is 2. The Balaban J connectivity index is 1.69. The van der Waals surface area contributed by atoms with Crippen LogP contribution in [-0.2, 0) is 17.5 Å². The number of para-hydroxylation sites is 1. The van der Waals surface area contributed by atoms with E-state index in [1.165, 1.54) is 13.2 Å². The third-order valence-electron chi connectivity index (χ3n) is 3.57. The normalized spacial score (nSPS) is 11.3. The molecule has 0 unspecified atom stereocenters. The van der Waals surface area contributed by atoms with E-state index in [0.29, 0.717) is 11.3 Å². The van der Waals surface area contributed by atoms with Crippen LogP contribution in [0.15, 0.2) is 53.1 Å². The Morgan fingerprint density at radius 1 is 1.15 bits per heavy atom. The zero-order valence-corrected chi connectivity index (χ0v) is 14.0. The molecule has 27 heavy (non-hydrogen) atoms. The van der Waals surface area contributed by atoms with Gasteiger partial charge in [-0.05, 0) is 30.3 Å². The minimum Gasteiger partial charge on any atom is -0.496 e. The number of carbonyl (C=O) groups is 1.